The summed E-state index contributed by atoms with van der Waals surface area (Å²) in [6, 6.07) is 13.5. The molecule has 2 amide bonds. The fourth-order valence-electron chi connectivity index (χ4n) is 3.42. The lowest BCUT2D eigenvalue weighted by molar-refractivity contribution is 0.0908. The van der Waals surface area contributed by atoms with E-state index in [2.05, 4.69) is 20.6 Å². The smallest absolute Gasteiger partial charge is 0.315 e. The molecule has 0 radical (unpaired) electrons. The van der Waals surface area contributed by atoms with Crippen molar-refractivity contribution >= 4 is 6.03 Å². The van der Waals surface area contributed by atoms with E-state index in [0.717, 1.165) is 29.1 Å². The van der Waals surface area contributed by atoms with Crippen LogP contribution in [0.4, 0.5) is 4.79 Å². The molecule has 1 aliphatic rings. The minimum atomic E-state index is -0.224. The van der Waals surface area contributed by atoms with Crippen molar-refractivity contribution in [2.45, 2.75) is 25.1 Å². The molecule has 144 valence electrons. The number of pyridine rings is 1. The SMILES string of the molecule is Cn1ccnc1[C@@H]1OCC[C@H]1NC(=O)NCc1cccc(-c2ccccn2)c1. The van der Waals surface area contributed by atoms with Crippen LogP contribution >= 0.6 is 0 Å². The van der Waals surface area contributed by atoms with Crippen molar-refractivity contribution in [2.24, 2.45) is 7.05 Å². The highest BCUT2D eigenvalue weighted by molar-refractivity contribution is 5.74. The number of amides is 2. The van der Waals surface area contributed by atoms with Crippen LogP contribution in [-0.4, -0.2) is 33.2 Å². The number of imidazole rings is 1. The highest BCUT2D eigenvalue weighted by atomic mass is 16.5. The van der Waals surface area contributed by atoms with E-state index >= 15 is 0 Å². The number of nitrogens with one attached hydrogen (secondary N) is 2. The Morgan fingerprint density at radius 3 is 2.93 bits per heavy atom. The quantitative estimate of drug-likeness (QED) is 0.716. The number of aromatic nitrogens is 3. The Morgan fingerprint density at radius 2 is 2.14 bits per heavy atom. The maximum absolute atomic E-state index is 12.4. The minimum Gasteiger partial charge on any atom is -0.368 e. The molecule has 0 spiro atoms. The summed E-state index contributed by atoms with van der Waals surface area (Å²) in [6.07, 6.45) is 5.93. The monoisotopic (exact) mass is 377 g/mol. The predicted molar refractivity (Wildman–Crippen MR) is 105 cm³/mol. The first-order valence-corrected chi connectivity index (χ1v) is 9.34. The van der Waals surface area contributed by atoms with Gasteiger partial charge in [-0.25, -0.2) is 9.78 Å². The van der Waals surface area contributed by atoms with Gasteiger partial charge >= 0.3 is 6.03 Å². The Bertz CT molecular complexity index is 941. The van der Waals surface area contributed by atoms with E-state index in [0.29, 0.717) is 13.2 Å². The molecule has 2 aromatic heterocycles. The first kappa shape index (κ1) is 18.2. The van der Waals surface area contributed by atoms with Crippen LogP contribution < -0.4 is 10.6 Å². The molecule has 0 saturated carbocycles. The molecule has 4 rings (SSSR count). The third-order valence-electron chi connectivity index (χ3n) is 4.86. The lowest BCUT2D eigenvalue weighted by Gasteiger charge is -2.20. The highest BCUT2D eigenvalue weighted by Crippen LogP contribution is 2.27. The zero-order chi connectivity index (χ0) is 19.3. The van der Waals surface area contributed by atoms with E-state index < -0.39 is 0 Å². The number of ether oxygens (including phenoxy) is 1. The predicted octanol–water partition coefficient (Wildman–Crippen LogP) is 2.81. The van der Waals surface area contributed by atoms with Crippen molar-refractivity contribution in [1.82, 2.24) is 25.2 Å². The van der Waals surface area contributed by atoms with Gasteiger partial charge in [-0.3, -0.25) is 4.98 Å². The molecule has 1 aliphatic heterocycles. The van der Waals surface area contributed by atoms with Gasteiger partial charge in [-0.2, -0.15) is 0 Å². The average Bonchev–Trinajstić information content (AvgIpc) is 3.35. The van der Waals surface area contributed by atoms with Crippen molar-refractivity contribution in [3.05, 3.63) is 72.4 Å². The topological polar surface area (TPSA) is 81.1 Å². The fourth-order valence-corrected chi connectivity index (χ4v) is 3.42. The number of benzene rings is 1. The number of aryl methyl sites for hydroxylation is 1. The maximum atomic E-state index is 12.4. The molecule has 2 N–H and O–H groups in total. The lowest BCUT2D eigenvalue weighted by Crippen LogP contribution is -2.43. The summed E-state index contributed by atoms with van der Waals surface area (Å²) < 4.78 is 7.71. The third-order valence-corrected chi connectivity index (χ3v) is 4.86. The van der Waals surface area contributed by atoms with Gasteiger partial charge in [0, 0.05) is 44.4 Å². The molecule has 1 saturated heterocycles. The van der Waals surface area contributed by atoms with Crippen LogP contribution in [0.5, 0.6) is 0 Å². The summed E-state index contributed by atoms with van der Waals surface area (Å²) in [6.45, 7) is 1.04. The fraction of sp³-hybridized carbons (Fsp3) is 0.286. The average molecular weight is 377 g/mol. The van der Waals surface area contributed by atoms with E-state index in [1.807, 2.05) is 60.3 Å². The molecular formula is C21H23N5O2. The molecule has 3 heterocycles. The Kier molecular flexibility index (Phi) is 5.34. The molecule has 1 fully saturated rings. The largest absolute Gasteiger partial charge is 0.368 e. The summed E-state index contributed by atoms with van der Waals surface area (Å²) >= 11 is 0. The first-order valence-electron chi connectivity index (χ1n) is 9.34. The summed E-state index contributed by atoms with van der Waals surface area (Å²) in [5.41, 5.74) is 2.95. The lowest BCUT2D eigenvalue weighted by atomic mass is 10.1. The summed E-state index contributed by atoms with van der Waals surface area (Å²) in [5.74, 6) is 0.825. The molecule has 7 nitrogen and oxygen atoms in total. The van der Waals surface area contributed by atoms with Gasteiger partial charge in [-0.15, -0.1) is 0 Å². The minimum absolute atomic E-state index is 0.0963. The molecule has 3 aromatic rings. The summed E-state index contributed by atoms with van der Waals surface area (Å²) in [4.78, 5) is 21.1. The van der Waals surface area contributed by atoms with Crippen molar-refractivity contribution in [3.8, 4) is 11.3 Å². The molecule has 0 aliphatic carbocycles. The van der Waals surface area contributed by atoms with Crippen LogP contribution in [0.1, 0.15) is 23.9 Å². The molecule has 0 bridgehead atoms. The number of carbonyl (C=O) groups excluding carboxylic acids is 1. The maximum Gasteiger partial charge on any atom is 0.315 e. The number of urea groups is 1. The van der Waals surface area contributed by atoms with E-state index in [-0.39, 0.29) is 18.2 Å². The van der Waals surface area contributed by atoms with Crippen LogP contribution in [-0.2, 0) is 18.3 Å². The Labute approximate surface area is 163 Å². The molecule has 0 unspecified atom stereocenters. The second-order valence-corrected chi connectivity index (χ2v) is 6.83. The van der Waals surface area contributed by atoms with E-state index in [1.165, 1.54) is 0 Å². The highest BCUT2D eigenvalue weighted by Gasteiger charge is 2.33. The second-order valence-electron chi connectivity index (χ2n) is 6.83. The van der Waals surface area contributed by atoms with Gasteiger partial charge < -0.3 is 19.9 Å². The van der Waals surface area contributed by atoms with Gasteiger partial charge in [0.2, 0.25) is 0 Å². The normalized spacial score (nSPS) is 18.8. The van der Waals surface area contributed by atoms with E-state index in [1.54, 1.807) is 12.4 Å². The Morgan fingerprint density at radius 1 is 1.21 bits per heavy atom. The van der Waals surface area contributed by atoms with Crippen molar-refractivity contribution in [2.75, 3.05) is 6.61 Å². The number of nitrogens with zero attached hydrogens (tertiary/aromatic N) is 3. The number of hydrogen-bond donors (Lipinski definition) is 2. The van der Waals surface area contributed by atoms with Gasteiger partial charge in [0.15, 0.2) is 0 Å². The van der Waals surface area contributed by atoms with Crippen molar-refractivity contribution in [3.63, 3.8) is 0 Å². The van der Waals surface area contributed by atoms with Gasteiger partial charge in [0.1, 0.15) is 11.9 Å². The van der Waals surface area contributed by atoms with Crippen LogP contribution in [0, 0.1) is 0 Å². The molecule has 7 heteroatoms. The third kappa shape index (κ3) is 4.04. The Balaban J connectivity index is 1.35. The summed E-state index contributed by atoms with van der Waals surface area (Å²) in [7, 11) is 1.93. The van der Waals surface area contributed by atoms with Gasteiger partial charge in [-0.05, 0) is 30.2 Å². The number of carbonyl (C=O) groups is 1. The van der Waals surface area contributed by atoms with E-state index in [4.69, 9.17) is 4.74 Å². The van der Waals surface area contributed by atoms with E-state index in [9.17, 15) is 4.79 Å². The Hall–Kier alpha value is -3.19. The van der Waals surface area contributed by atoms with Crippen LogP contribution in [0.15, 0.2) is 61.1 Å². The first-order chi connectivity index (χ1) is 13.7. The zero-order valence-electron chi connectivity index (χ0n) is 15.7. The number of hydrogen-bond acceptors (Lipinski definition) is 4. The summed E-state index contributed by atoms with van der Waals surface area (Å²) in [5, 5.41) is 5.95. The van der Waals surface area contributed by atoms with Crippen molar-refractivity contribution in [1.29, 1.82) is 0 Å². The standard InChI is InChI=1S/C21H23N5O2/c1-26-11-10-23-20(26)19-18(8-12-28-19)25-21(27)24-14-15-5-4-6-16(13-15)17-7-2-3-9-22-17/h2-7,9-11,13,18-19H,8,12,14H2,1H3,(H2,24,25,27)/t18-,19-/m1/s1. The number of rotatable bonds is 5. The molecule has 1 aromatic carbocycles. The molecule has 28 heavy (non-hydrogen) atoms. The molecule has 2 atom stereocenters. The van der Waals surface area contributed by atoms with Crippen LogP contribution in [0.2, 0.25) is 0 Å². The van der Waals surface area contributed by atoms with Gasteiger partial charge in [0.25, 0.3) is 0 Å². The van der Waals surface area contributed by atoms with Crippen molar-refractivity contribution < 1.29 is 9.53 Å². The van der Waals surface area contributed by atoms with Gasteiger partial charge in [-0.1, -0.05) is 24.3 Å². The van der Waals surface area contributed by atoms with Gasteiger partial charge in [0.05, 0.1) is 11.7 Å². The van der Waals surface area contributed by atoms with Crippen LogP contribution in [0.3, 0.4) is 0 Å². The zero-order valence-corrected chi connectivity index (χ0v) is 15.7. The second kappa shape index (κ2) is 8.22. The van der Waals surface area contributed by atoms with Crippen LogP contribution in [0.25, 0.3) is 11.3 Å². The molecular weight excluding hydrogens is 354 g/mol.